The maximum atomic E-state index is 13.0. The van der Waals surface area contributed by atoms with Gasteiger partial charge in [-0.3, -0.25) is 14.2 Å². The van der Waals surface area contributed by atoms with Gasteiger partial charge in [-0.1, -0.05) is 31.2 Å². The molecule has 1 aliphatic heterocycles. The summed E-state index contributed by atoms with van der Waals surface area (Å²) in [6.07, 6.45) is 2.57. The van der Waals surface area contributed by atoms with E-state index in [4.69, 9.17) is 4.74 Å². The van der Waals surface area contributed by atoms with E-state index in [0.29, 0.717) is 42.0 Å². The summed E-state index contributed by atoms with van der Waals surface area (Å²) in [4.78, 5) is 27.5. The molecule has 6 nitrogen and oxygen atoms in total. The number of ether oxygens (including phenoxy) is 1. The second kappa shape index (κ2) is 9.00. The number of hydrogen-bond donors (Lipinski definition) is 0. The monoisotopic (exact) mass is 397 g/mol. The van der Waals surface area contributed by atoms with E-state index in [1.54, 1.807) is 9.47 Å². The zero-order valence-electron chi connectivity index (χ0n) is 16.1. The van der Waals surface area contributed by atoms with Crippen molar-refractivity contribution < 1.29 is 9.53 Å². The molecule has 0 N–H and O–H groups in total. The van der Waals surface area contributed by atoms with E-state index in [1.807, 2.05) is 44.2 Å². The molecule has 1 saturated heterocycles. The molecular weight excluding hydrogens is 374 g/mol. The maximum Gasteiger partial charge on any atom is 0.269 e. The van der Waals surface area contributed by atoms with E-state index < -0.39 is 0 Å². The van der Waals surface area contributed by atoms with Crippen molar-refractivity contribution in [2.75, 3.05) is 26.3 Å². The molecule has 146 valence electrons. The fourth-order valence-corrected chi connectivity index (χ4v) is 4.24. The van der Waals surface area contributed by atoms with Crippen LogP contribution in [0.4, 0.5) is 0 Å². The number of carbonyl (C=O) groups is 1. The first-order chi connectivity index (χ1) is 13.6. The highest BCUT2D eigenvalue weighted by atomic mass is 32.1. The predicted molar refractivity (Wildman–Crippen MR) is 109 cm³/mol. The zero-order valence-corrected chi connectivity index (χ0v) is 16.9. The Labute approximate surface area is 167 Å². The van der Waals surface area contributed by atoms with Gasteiger partial charge < -0.3 is 9.64 Å². The summed E-state index contributed by atoms with van der Waals surface area (Å²) in [5, 5.41) is 9.72. The van der Waals surface area contributed by atoms with Crippen molar-refractivity contribution in [3.63, 3.8) is 0 Å². The Kier molecular flexibility index (Phi) is 6.45. The number of hydrogen-bond acceptors (Lipinski definition) is 5. The minimum Gasteiger partial charge on any atom is -0.378 e. The minimum absolute atomic E-state index is 0.0295. The first-order valence-electron chi connectivity index (χ1n) is 9.35. The molecule has 0 unspecified atom stereocenters. The van der Waals surface area contributed by atoms with Gasteiger partial charge >= 0.3 is 0 Å². The van der Waals surface area contributed by atoms with Crippen LogP contribution in [0.3, 0.4) is 0 Å². The SMILES string of the molecule is CCCn1c(=O)/c(=C\c2ccccc2C)s/c1=C(/C#N)C(=O)N1CCOCC1. The molecule has 1 aliphatic rings. The Balaban J connectivity index is 2.20. The number of thiazole rings is 1. The molecule has 1 aromatic carbocycles. The lowest BCUT2D eigenvalue weighted by Crippen LogP contribution is -2.42. The number of nitriles is 1. The average Bonchev–Trinajstić information content (AvgIpc) is 3.01. The molecule has 0 bridgehead atoms. The summed E-state index contributed by atoms with van der Waals surface area (Å²) < 4.78 is 7.81. The Bertz CT molecular complexity index is 1090. The Morgan fingerprint density at radius 3 is 2.68 bits per heavy atom. The first kappa shape index (κ1) is 20.1. The van der Waals surface area contributed by atoms with Crippen LogP contribution in [0.25, 0.3) is 11.6 Å². The molecular formula is C21H23N3O3S. The molecule has 0 spiro atoms. The largest absolute Gasteiger partial charge is 0.378 e. The zero-order chi connectivity index (χ0) is 20.1. The molecule has 0 radical (unpaired) electrons. The van der Waals surface area contributed by atoms with Crippen LogP contribution in [0, 0.1) is 18.3 Å². The number of aromatic nitrogens is 1. The number of benzene rings is 1. The molecule has 3 rings (SSSR count). The fourth-order valence-electron chi connectivity index (χ4n) is 3.13. The Hall–Kier alpha value is -2.69. The second-order valence-corrected chi connectivity index (χ2v) is 7.65. The summed E-state index contributed by atoms with van der Waals surface area (Å²) in [6, 6.07) is 9.86. The van der Waals surface area contributed by atoms with Crippen LogP contribution >= 0.6 is 11.3 Å². The summed E-state index contributed by atoms with van der Waals surface area (Å²) in [6.45, 7) is 6.25. The van der Waals surface area contributed by atoms with Crippen molar-refractivity contribution in [3.8, 4) is 6.07 Å². The highest BCUT2D eigenvalue weighted by molar-refractivity contribution is 7.07. The third kappa shape index (κ3) is 4.08. The molecule has 0 aliphatic carbocycles. The number of amides is 1. The molecule has 1 amide bonds. The fraction of sp³-hybridized carbons (Fsp3) is 0.381. The third-order valence-electron chi connectivity index (χ3n) is 4.67. The lowest BCUT2D eigenvalue weighted by molar-refractivity contribution is -0.128. The van der Waals surface area contributed by atoms with Crippen molar-refractivity contribution in [3.05, 3.63) is 54.9 Å². The molecule has 1 aromatic heterocycles. The number of aryl methyl sites for hydroxylation is 1. The van der Waals surface area contributed by atoms with Gasteiger partial charge in [-0.2, -0.15) is 5.26 Å². The van der Waals surface area contributed by atoms with Gasteiger partial charge in [0.1, 0.15) is 10.7 Å². The van der Waals surface area contributed by atoms with E-state index in [1.165, 1.54) is 11.3 Å². The van der Waals surface area contributed by atoms with Gasteiger partial charge in [0.25, 0.3) is 11.5 Å². The lowest BCUT2D eigenvalue weighted by atomic mass is 10.1. The predicted octanol–water partition coefficient (Wildman–Crippen LogP) is 0.990. The number of morpholine rings is 1. The van der Waals surface area contributed by atoms with Crippen LogP contribution < -0.4 is 14.8 Å². The maximum absolute atomic E-state index is 13.0. The Morgan fingerprint density at radius 1 is 1.32 bits per heavy atom. The van der Waals surface area contributed by atoms with Gasteiger partial charge in [0.05, 0.1) is 17.7 Å². The lowest BCUT2D eigenvalue weighted by Gasteiger charge is -2.26. The molecule has 28 heavy (non-hydrogen) atoms. The van der Waals surface area contributed by atoms with Crippen molar-refractivity contribution in [2.24, 2.45) is 0 Å². The van der Waals surface area contributed by atoms with Crippen LogP contribution in [0.2, 0.25) is 0 Å². The van der Waals surface area contributed by atoms with Gasteiger partial charge in [0, 0.05) is 19.6 Å². The molecule has 0 saturated carbocycles. The van der Waals surface area contributed by atoms with E-state index in [-0.39, 0.29) is 17.0 Å². The van der Waals surface area contributed by atoms with Gasteiger partial charge in [0.15, 0.2) is 5.57 Å². The molecule has 7 heteroatoms. The number of rotatable bonds is 4. The van der Waals surface area contributed by atoms with Gasteiger partial charge in [-0.15, -0.1) is 11.3 Å². The minimum atomic E-state index is -0.334. The smallest absolute Gasteiger partial charge is 0.269 e. The number of carbonyl (C=O) groups excluding carboxylic acids is 1. The third-order valence-corrected chi connectivity index (χ3v) is 5.80. The molecule has 2 aromatic rings. The van der Waals surface area contributed by atoms with E-state index >= 15 is 0 Å². The van der Waals surface area contributed by atoms with Crippen LogP contribution in [-0.4, -0.2) is 41.7 Å². The standard InChI is InChI=1S/C21H23N3O3S/c1-3-8-24-20(26)18(13-16-7-5-4-6-15(16)2)28-21(24)17(14-22)19(25)23-9-11-27-12-10-23/h4-7,13H,3,8-12H2,1-2H3/b18-13+,21-17-. The van der Waals surface area contributed by atoms with E-state index in [9.17, 15) is 14.9 Å². The summed E-state index contributed by atoms with van der Waals surface area (Å²) in [5.74, 6) is -0.334. The summed E-state index contributed by atoms with van der Waals surface area (Å²) in [7, 11) is 0. The highest BCUT2D eigenvalue weighted by Crippen LogP contribution is 2.08. The summed E-state index contributed by atoms with van der Waals surface area (Å²) in [5.41, 5.74) is 1.89. The van der Waals surface area contributed by atoms with Crippen LogP contribution in [0.15, 0.2) is 29.1 Å². The molecule has 1 fully saturated rings. The second-order valence-electron chi connectivity index (χ2n) is 6.62. The average molecular weight is 398 g/mol. The van der Waals surface area contributed by atoms with E-state index in [0.717, 1.165) is 17.5 Å². The highest BCUT2D eigenvalue weighted by Gasteiger charge is 2.23. The van der Waals surface area contributed by atoms with Gasteiger partial charge in [0.2, 0.25) is 0 Å². The van der Waals surface area contributed by atoms with Crippen LogP contribution in [0.1, 0.15) is 24.5 Å². The van der Waals surface area contributed by atoms with E-state index in [2.05, 4.69) is 6.07 Å². The van der Waals surface area contributed by atoms with Crippen LogP contribution in [0.5, 0.6) is 0 Å². The normalized spacial score (nSPS) is 16.0. The van der Waals surface area contributed by atoms with Gasteiger partial charge in [-0.05, 0) is 30.5 Å². The topological polar surface area (TPSA) is 75.3 Å². The Morgan fingerprint density at radius 2 is 2.04 bits per heavy atom. The first-order valence-corrected chi connectivity index (χ1v) is 10.2. The van der Waals surface area contributed by atoms with Crippen LogP contribution in [-0.2, 0) is 16.1 Å². The van der Waals surface area contributed by atoms with Crippen molar-refractivity contribution in [1.82, 2.24) is 9.47 Å². The molecule has 2 heterocycles. The molecule has 0 atom stereocenters. The van der Waals surface area contributed by atoms with Crippen molar-refractivity contribution in [2.45, 2.75) is 26.8 Å². The number of nitrogens with zero attached hydrogens (tertiary/aromatic N) is 3. The quantitative estimate of drug-likeness (QED) is 0.771. The van der Waals surface area contributed by atoms with Crippen molar-refractivity contribution >= 4 is 28.9 Å². The van der Waals surface area contributed by atoms with Crippen molar-refractivity contribution in [1.29, 1.82) is 5.26 Å². The summed E-state index contributed by atoms with van der Waals surface area (Å²) >= 11 is 1.21. The van der Waals surface area contributed by atoms with Gasteiger partial charge in [-0.25, -0.2) is 0 Å².